The van der Waals surface area contributed by atoms with E-state index >= 15 is 0 Å². The second-order valence-electron chi connectivity index (χ2n) is 10.0. The average Bonchev–Trinajstić information content (AvgIpc) is 3.30. The van der Waals surface area contributed by atoms with E-state index in [-0.39, 0.29) is 30.0 Å². The number of thiazole rings is 1. The molecule has 0 saturated carbocycles. The topological polar surface area (TPSA) is 126 Å². The van der Waals surface area contributed by atoms with Gasteiger partial charge in [0.05, 0.1) is 34.4 Å². The molecule has 0 bridgehead atoms. The molecule has 2 aliphatic rings. The van der Waals surface area contributed by atoms with E-state index in [4.69, 9.17) is 14.2 Å². The number of non-ortho nitro benzene ring substituents is 1. The molecule has 0 amide bonds. The van der Waals surface area contributed by atoms with Crippen LogP contribution >= 0.6 is 11.3 Å². The summed E-state index contributed by atoms with van der Waals surface area (Å²) in [5, 5.41) is 11.6. The summed E-state index contributed by atoms with van der Waals surface area (Å²) in [6, 6.07) is 11.1. The lowest BCUT2D eigenvalue weighted by Crippen LogP contribution is -2.40. The highest BCUT2D eigenvalue weighted by Crippen LogP contribution is 2.36. The van der Waals surface area contributed by atoms with E-state index in [1.807, 2.05) is 12.1 Å². The van der Waals surface area contributed by atoms with Gasteiger partial charge in [0.25, 0.3) is 11.2 Å². The Morgan fingerprint density at radius 2 is 1.90 bits per heavy atom. The molecule has 3 aromatic rings. The minimum atomic E-state index is -0.860. The van der Waals surface area contributed by atoms with Gasteiger partial charge in [-0.3, -0.25) is 19.5 Å². The normalized spacial score (nSPS) is 17.1. The zero-order valence-corrected chi connectivity index (χ0v) is 24.5. The van der Waals surface area contributed by atoms with E-state index in [2.05, 4.69) is 9.89 Å². The third-order valence-corrected chi connectivity index (χ3v) is 8.38. The highest BCUT2D eigenvalue weighted by atomic mass is 32.1. The first kappa shape index (κ1) is 29.2. The first-order valence-corrected chi connectivity index (χ1v) is 14.5. The molecule has 0 radical (unpaired) electrons. The van der Waals surface area contributed by atoms with Crippen molar-refractivity contribution < 1.29 is 23.9 Å². The summed E-state index contributed by atoms with van der Waals surface area (Å²) < 4.78 is 17.9. The highest BCUT2D eigenvalue weighted by Gasteiger charge is 2.35. The highest BCUT2D eigenvalue weighted by molar-refractivity contribution is 7.07. The summed E-state index contributed by atoms with van der Waals surface area (Å²) in [7, 11) is 3.04. The summed E-state index contributed by atoms with van der Waals surface area (Å²) in [4.78, 5) is 46.0. The van der Waals surface area contributed by atoms with Gasteiger partial charge in [-0.2, -0.15) is 0 Å². The largest absolute Gasteiger partial charge is 0.496 e. The molecule has 220 valence electrons. The number of piperidine rings is 1. The number of nitro groups is 1. The molecular formula is C30H32N4O7S. The molecule has 5 rings (SSSR count). The van der Waals surface area contributed by atoms with Crippen molar-refractivity contribution in [1.82, 2.24) is 4.57 Å². The first-order valence-electron chi connectivity index (χ1n) is 13.7. The number of nitrogens with zero attached hydrogens (tertiary/aromatic N) is 4. The van der Waals surface area contributed by atoms with E-state index in [1.165, 1.54) is 42.3 Å². The third kappa shape index (κ3) is 5.72. The molecular weight excluding hydrogens is 560 g/mol. The number of nitro benzene ring substituents is 1. The lowest BCUT2D eigenvalue weighted by Gasteiger charge is -2.30. The van der Waals surface area contributed by atoms with Gasteiger partial charge in [0, 0.05) is 49.1 Å². The van der Waals surface area contributed by atoms with Crippen LogP contribution in [0.15, 0.2) is 63.5 Å². The number of hydrogen-bond donors (Lipinski definition) is 0. The average molecular weight is 593 g/mol. The number of ether oxygens (including phenoxy) is 3. The minimum Gasteiger partial charge on any atom is -0.496 e. The number of hydrogen-bond acceptors (Lipinski definition) is 10. The van der Waals surface area contributed by atoms with Crippen molar-refractivity contribution in [2.45, 2.75) is 32.2 Å². The van der Waals surface area contributed by atoms with Crippen LogP contribution in [0.4, 0.5) is 11.4 Å². The first-order chi connectivity index (χ1) is 20.3. The number of carbonyl (C=O) groups excluding carboxylic acids is 1. The van der Waals surface area contributed by atoms with Crippen LogP contribution in [0.1, 0.15) is 43.4 Å². The molecule has 1 fully saturated rings. The molecule has 1 unspecified atom stereocenters. The van der Waals surface area contributed by atoms with Crippen LogP contribution in [0, 0.1) is 10.1 Å². The van der Waals surface area contributed by atoms with E-state index in [9.17, 15) is 19.7 Å². The van der Waals surface area contributed by atoms with Crippen LogP contribution in [0.5, 0.6) is 5.75 Å². The molecule has 2 aromatic carbocycles. The van der Waals surface area contributed by atoms with Crippen molar-refractivity contribution in [2.24, 2.45) is 4.99 Å². The van der Waals surface area contributed by atoms with Gasteiger partial charge < -0.3 is 19.1 Å². The van der Waals surface area contributed by atoms with Crippen LogP contribution in [0.25, 0.3) is 6.08 Å². The number of para-hydroxylation sites is 1. The van der Waals surface area contributed by atoms with Gasteiger partial charge in [0.15, 0.2) is 4.80 Å². The van der Waals surface area contributed by atoms with Crippen molar-refractivity contribution in [3.63, 3.8) is 0 Å². The van der Waals surface area contributed by atoms with Gasteiger partial charge in [-0.05, 0) is 44.4 Å². The lowest BCUT2D eigenvalue weighted by atomic mass is 9.95. The number of carbonyl (C=O) groups is 1. The molecule has 2 aliphatic heterocycles. The standard InChI is InChI=1S/C30H32N4O7S/c1-19-26(29(36)41-16-15-39-2)27(22-9-5-6-10-24(22)40-3)33-28(35)25(42-30(33)31-19)18-20-17-21(34(37)38)11-12-23(20)32-13-7-4-8-14-32/h5-6,9-12,17-18,27H,4,7-8,13-16H2,1-3H3. The summed E-state index contributed by atoms with van der Waals surface area (Å²) in [5.74, 6) is -0.107. The van der Waals surface area contributed by atoms with Gasteiger partial charge in [0.2, 0.25) is 0 Å². The lowest BCUT2D eigenvalue weighted by molar-refractivity contribution is -0.384. The van der Waals surface area contributed by atoms with Crippen LogP contribution in [0.2, 0.25) is 0 Å². The Hall–Kier alpha value is -4.29. The Labute approximate surface area is 246 Å². The number of esters is 1. The molecule has 12 heteroatoms. The van der Waals surface area contributed by atoms with Crippen molar-refractivity contribution >= 4 is 34.8 Å². The Morgan fingerprint density at radius 3 is 2.62 bits per heavy atom. The number of benzene rings is 2. The van der Waals surface area contributed by atoms with Gasteiger partial charge in [-0.1, -0.05) is 29.5 Å². The maximum atomic E-state index is 14.1. The Balaban J connectivity index is 1.70. The summed E-state index contributed by atoms with van der Waals surface area (Å²) in [6.45, 7) is 3.64. The van der Waals surface area contributed by atoms with Crippen LogP contribution < -0.4 is 24.5 Å². The second kappa shape index (κ2) is 12.7. The minimum absolute atomic E-state index is 0.0429. The Bertz CT molecular complexity index is 1720. The monoisotopic (exact) mass is 592 g/mol. The fraction of sp³-hybridized carbons (Fsp3) is 0.367. The number of aromatic nitrogens is 1. The number of fused-ring (bicyclic) bond motifs is 1. The molecule has 42 heavy (non-hydrogen) atoms. The number of rotatable bonds is 9. The van der Waals surface area contributed by atoms with E-state index in [1.54, 1.807) is 31.2 Å². The zero-order valence-electron chi connectivity index (χ0n) is 23.7. The van der Waals surface area contributed by atoms with Crippen LogP contribution in [-0.4, -0.2) is 56.0 Å². The van der Waals surface area contributed by atoms with Crippen molar-refractivity contribution in [3.05, 3.63) is 94.7 Å². The molecule has 1 aromatic heterocycles. The van der Waals surface area contributed by atoms with Gasteiger partial charge in [0.1, 0.15) is 18.4 Å². The predicted molar refractivity (Wildman–Crippen MR) is 159 cm³/mol. The number of methoxy groups -OCH3 is 2. The third-order valence-electron chi connectivity index (χ3n) is 7.40. The van der Waals surface area contributed by atoms with E-state index in [0.717, 1.165) is 38.0 Å². The number of allylic oxidation sites excluding steroid dienone is 1. The zero-order chi connectivity index (χ0) is 29.8. The number of anilines is 1. The Morgan fingerprint density at radius 1 is 1.14 bits per heavy atom. The van der Waals surface area contributed by atoms with Crippen molar-refractivity contribution in [3.8, 4) is 5.75 Å². The van der Waals surface area contributed by atoms with Gasteiger partial charge in [-0.15, -0.1) is 0 Å². The molecule has 1 atom stereocenters. The van der Waals surface area contributed by atoms with Crippen molar-refractivity contribution in [1.29, 1.82) is 0 Å². The second-order valence-corrected chi connectivity index (χ2v) is 11.0. The smallest absolute Gasteiger partial charge is 0.338 e. The SMILES string of the molecule is COCCOC(=O)C1=C(C)N=c2sc(=Cc3cc([N+](=O)[O-])ccc3N3CCCCC3)c(=O)n2C1c1ccccc1OC. The van der Waals surface area contributed by atoms with Crippen LogP contribution in [-0.2, 0) is 14.3 Å². The van der Waals surface area contributed by atoms with E-state index in [0.29, 0.717) is 31.9 Å². The summed E-state index contributed by atoms with van der Waals surface area (Å²) >= 11 is 1.17. The van der Waals surface area contributed by atoms with E-state index < -0.39 is 16.9 Å². The molecule has 0 aliphatic carbocycles. The molecule has 3 heterocycles. The Kier molecular flexibility index (Phi) is 8.83. The predicted octanol–water partition coefficient (Wildman–Crippen LogP) is 3.33. The molecule has 0 spiro atoms. The molecule has 11 nitrogen and oxygen atoms in total. The molecule has 1 saturated heterocycles. The maximum Gasteiger partial charge on any atom is 0.338 e. The van der Waals surface area contributed by atoms with Gasteiger partial charge >= 0.3 is 5.97 Å². The molecule has 0 N–H and O–H groups in total. The maximum absolute atomic E-state index is 14.1. The van der Waals surface area contributed by atoms with Gasteiger partial charge in [-0.25, -0.2) is 9.79 Å². The summed E-state index contributed by atoms with van der Waals surface area (Å²) in [5.41, 5.74) is 2.24. The quantitative estimate of drug-likeness (QED) is 0.160. The summed E-state index contributed by atoms with van der Waals surface area (Å²) in [6.07, 6.45) is 4.88. The fourth-order valence-corrected chi connectivity index (χ4v) is 6.44. The van der Waals surface area contributed by atoms with Crippen molar-refractivity contribution in [2.75, 3.05) is 45.4 Å². The fourth-order valence-electron chi connectivity index (χ4n) is 5.40. The van der Waals surface area contributed by atoms with Crippen LogP contribution in [0.3, 0.4) is 0 Å².